The summed E-state index contributed by atoms with van der Waals surface area (Å²) < 4.78 is 27.7. The quantitative estimate of drug-likeness (QED) is 0.506. The van der Waals surface area contributed by atoms with Crippen molar-refractivity contribution in [1.82, 2.24) is 9.88 Å². The molecule has 3 aromatic rings. The van der Waals surface area contributed by atoms with E-state index in [0.717, 1.165) is 22.0 Å². The summed E-state index contributed by atoms with van der Waals surface area (Å²) >= 11 is 0. The molecule has 2 aromatic carbocycles. The van der Waals surface area contributed by atoms with Crippen LogP contribution in [0.25, 0.3) is 10.9 Å². The molecule has 0 aliphatic carbocycles. The molecule has 3 heterocycles. The number of amides is 1. The fourth-order valence-corrected chi connectivity index (χ4v) is 6.06. The molecular formula is C24H27N3O5S. The summed E-state index contributed by atoms with van der Waals surface area (Å²) in [4.78, 5) is 20.2. The second kappa shape index (κ2) is 8.40. The Balaban J connectivity index is 1.52. The van der Waals surface area contributed by atoms with E-state index in [1.807, 2.05) is 54.3 Å². The van der Waals surface area contributed by atoms with Crippen LogP contribution in [0.15, 0.2) is 53.4 Å². The third-order valence-electron chi connectivity index (χ3n) is 6.28. The van der Waals surface area contributed by atoms with E-state index in [-0.39, 0.29) is 11.9 Å². The number of benzene rings is 2. The van der Waals surface area contributed by atoms with Crippen molar-refractivity contribution in [1.29, 1.82) is 0 Å². The van der Waals surface area contributed by atoms with Crippen molar-refractivity contribution in [3.8, 4) is 5.75 Å². The first-order valence-corrected chi connectivity index (χ1v) is 12.7. The zero-order valence-corrected chi connectivity index (χ0v) is 19.2. The van der Waals surface area contributed by atoms with E-state index in [1.165, 1.54) is 4.90 Å². The lowest BCUT2D eigenvalue weighted by Gasteiger charge is -2.32. The number of likely N-dealkylation sites (tertiary alicyclic amines) is 1. The largest absolute Gasteiger partial charge is 0.488 e. The van der Waals surface area contributed by atoms with Gasteiger partial charge in [0.25, 0.3) is 0 Å². The van der Waals surface area contributed by atoms with Crippen molar-refractivity contribution < 1.29 is 23.7 Å². The maximum Gasteiger partial charge on any atom is 0.407 e. The second-order valence-corrected chi connectivity index (χ2v) is 10.8. The molecule has 0 spiro atoms. The van der Waals surface area contributed by atoms with Gasteiger partial charge in [-0.15, -0.1) is 0 Å². The van der Waals surface area contributed by atoms with Crippen LogP contribution in [0.2, 0.25) is 0 Å². The van der Waals surface area contributed by atoms with Crippen molar-refractivity contribution in [2.75, 3.05) is 30.3 Å². The fourth-order valence-electron chi connectivity index (χ4n) is 4.51. The normalized spacial score (nSPS) is 20.9. The first kappa shape index (κ1) is 21.8. The zero-order valence-electron chi connectivity index (χ0n) is 18.3. The summed E-state index contributed by atoms with van der Waals surface area (Å²) in [6.45, 7) is 3.74. The van der Waals surface area contributed by atoms with Crippen molar-refractivity contribution in [2.24, 2.45) is 0 Å². The molecule has 0 radical (unpaired) electrons. The molecule has 2 aliphatic heterocycles. The number of anilines is 1. The van der Waals surface area contributed by atoms with Crippen molar-refractivity contribution >= 4 is 33.4 Å². The molecule has 1 fully saturated rings. The highest BCUT2D eigenvalue weighted by Gasteiger charge is 2.29. The summed E-state index contributed by atoms with van der Waals surface area (Å²) in [7, 11) is -2.87. The molecule has 0 bridgehead atoms. The van der Waals surface area contributed by atoms with Gasteiger partial charge < -0.3 is 19.6 Å². The van der Waals surface area contributed by atoms with Gasteiger partial charge in [0.1, 0.15) is 17.7 Å². The maximum absolute atomic E-state index is 11.3. The molecule has 1 atom stereocenters. The molecule has 9 heteroatoms. The highest BCUT2D eigenvalue weighted by Crippen LogP contribution is 2.51. The number of pyridine rings is 1. The van der Waals surface area contributed by atoms with Gasteiger partial charge in [-0.25, -0.2) is 9.78 Å². The lowest BCUT2D eigenvalue weighted by atomic mass is 10.1. The smallest absolute Gasteiger partial charge is 0.407 e. The summed E-state index contributed by atoms with van der Waals surface area (Å²) in [5, 5.41) is 10.2. The zero-order chi connectivity index (χ0) is 23.2. The van der Waals surface area contributed by atoms with E-state index in [2.05, 4.69) is 0 Å². The number of aromatic nitrogens is 1. The van der Waals surface area contributed by atoms with Gasteiger partial charge in [0.15, 0.2) is 0 Å². The summed E-state index contributed by atoms with van der Waals surface area (Å²) in [6.07, 6.45) is -0.522. The number of rotatable bonds is 3. The van der Waals surface area contributed by atoms with Crippen LogP contribution >= 0.6 is 10.6 Å². The molecule has 2 aliphatic rings. The Hall–Kier alpha value is -3.01. The van der Waals surface area contributed by atoms with Crippen LogP contribution in [0.3, 0.4) is 0 Å². The molecule has 1 amide bonds. The van der Waals surface area contributed by atoms with Crippen LogP contribution in [0.5, 0.6) is 5.75 Å². The van der Waals surface area contributed by atoms with E-state index in [9.17, 15) is 19.0 Å². The topological polar surface area (TPSA) is 106 Å². The average molecular weight is 470 g/mol. The Morgan fingerprint density at radius 1 is 1.15 bits per heavy atom. The number of nitrogens with zero attached hydrogens (tertiary/aromatic N) is 3. The van der Waals surface area contributed by atoms with Crippen LogP contribution in [0.1, 0.15) is 17.5 Å². The lowest BCUT2D eigenvalue weighted by molar-refractivity contribution is 0.146. The van der Waals surface area contributed by atoms with Gasteiger partial charge in [0.05, 0.1) is 22.7 Å². The van der Waals surface area contributed by atoms with Crippen LogP contribution in [0, 0.1) is 6.92 Å². The number of fused-ring (bicyclic) bond motifs is 2. The molecule has 1 unspecified atom stereocenters. The van der Waals surface area contributed by atoms with Gasteiger partial charge in [-0.3, -0.25) is 9.11 Å². The van der Waals surface area contributed by atoms with Crippen LogP contribution in [0.4, 0.5) is 10.6 Å². The van der Waals surface area contributed by atoms with E-state index in [0.29, 0.717) is 49.1 Å². The fraction of sp³-hybridized carbons (Fsp3) is 0.333. The highest BCUT2D eigenvalue weighted by molar-refractivity contribution is 8.24. The number of hydrogen-bond acceptors (Lipinski definition) is 6. The lowest BCUT2D eigenvalue weighted by Crippen LogP contribution is -2.29. The molecule has 1 saturated heterocycles. The molecule has 0 saturated carbocycles. The monoisotopic (exact) mass is 469 g/mol. The van der Waals surface area contributed by atoms with Crippen LogP contribution < -0.4 is 9.64 Å². The molecule has 3 N–H and O–H groups in total. The second-order valence-electron chi connectivity index (χ2n) is 8.66. The maximum atomic E-state index is 11.3. The predicted molar refractivity (Wildman–Crippen MR) is 129 cm³/mol. The van der Waals surface area contributed by atoms with Crippen molar-refractivity contribution in [3.63, 3.8) is 0 Å². The number of carboxylic acid groups (broad SMARTS) is 1. The number of aryl methyl sites for hydroxylation is 1. The first-order chi connectivity index (χ1) is 15.8. The Morgan fingerprint density at radius 2 is 1.97 bits per heavy atom. The molecule has 1 aromatic heterocycles. The van der Waals surface area contributed by atoms with Gasteiger partial charge in [-0.1, -0.05) is 29.8 Å². The van der Waals surface area contributed by atoms with Crippen molar-refractivity contribution in [3.05, 3.63) is 59.7 Å². The highest BCUT2D eigenvalue weighted by atomic mass is 32.3. The van der Waals surface area contributed by atoms with Crippen LogP contribution in [-0.2, 0) is 6.54 Å². The standard InChI is InChI=1S/C24H27N3O5S/c1-16-6-7-20-19(12-16)21(32-18-8-9-27(15-18)24(28)29)13-23(25-20)26-10-11-33(30,31)22-5-3-2-4-17(22)14-26/h2-7,12-13,18,30-31H,8-11,14-15H2,1H3,(H,28,29). The SMILES string of the molecule is Cc1ccc2nc(N3CCS(O)(O)c4ccccc4C3)cc(OC3CCN(C(=O)O)C3)c2c1. The van der Waals surface area contributed by atoms with E-state index >= 15 is 0 Å². The van der Waals surface area contributed by atoms with Gasteiger partial charge >= 0.3 is 6.09 Å². The minimum atomic E-state index is -2.87. The Labute approximate surface area is 193 Å². The third kappa shape index (κ3) is 4.31. The molecular weight excluding hydrogens is 442 g/mol. The molecule has 5 rings (SSSR count). The number of carbonyl (C=O) groups is 1. The summed E-state index contributed by atoms with van der Waals surface area (Å²) in [5.74, 6) is 1.59. The predicted octanol–water partition coefficient (Wildman–Crippen LogP) is 4.80. The van der Waals surface area contributed by atoms with Gasteiger partial charge in [-0.05, 0) is 30.7 Å². The molecule has 33 heavy (non-hydrogen) atoms. The van der Waals surface area contributed by atoms with Gasteiger partial charge in [-0.2, -0.15) is 10.6 Å². The Bertz CT molecular complexity index is 1220. The summed E-state index contributed by atoms with van der Waals surface area (Å²) in [6, 6.07) is 15.3. The summed E-state index contributed by atoms with van der Waals surface area (Å²) in [5.41, 5.74) is 2.74. The van der Waals surface area contributed by atoms with E-state index in [4.69, 9.17) is 9.72 Å². The first-order valence-electron chi connectivity index (χ1n) is 10.9. The van der Waals surface area contributed by atoms with E-state index in [1.54, 1.807) is 6.07 Å². The third-order valence-corrected chi connectivity index (χ3v) is 8.13. The average Bonchev–Trinajstić information content (AvgIpc) is 3.21. The Morgan fingerprint density at radius 3 is 2.76 bits per heavy atom. The van der Waals surface area contributed by atoms with Gasteiger partial charge in [0, 0.05) is 37.5 Å². The van der Waals surface area contributed by atoms with Crippen molar-refractivity contribution in [2.45, 2.75) is 30.9 Å². The molecule has 174 valence electrons. The van der Waals surface area contributed by atoms with Crippen LogP contribution in [-0.4, -0.2) is 61.7 Å². The number of hydrogen-bond donors (Lipinski definition) is 3. The van der Waals surface area contributed by atoms with Gasteiger partial charge in [0.2, 0.25) is 0 Å². The van der Waals surface area contributed by atoms with E-state index < -0.39 is 16.7 Å². The minimum absolute atomic E-state index is 0.225. The number of ether oxygens (including phenoxy) is 1. The minimum Gasteiger partial charge on any atom is -0.488 e. The Kier molecular flexibility index (Phi) is 5.55. The molecule has 8 nitrogen and oxygen atoms in total.